The van der Waals surface area contributed by atoms with Crippen LogP contribution >= 0.6 is 0 Å². The van der Waals surface area contributed by atoms with E-state index in [1.165, 1.54) is 6.07 Å². The summed E-state index contributed by atoms with van der Waals surface area (Å²) >= 11 is 0. The Morgan fingerprint density at radius 3 is 2.60 bits per heavy atom. The van der Waals surface area contributed by atoms with E-state index in [-0.39, 0.29) is 12.5 Å². The van der Waals surface area contributed by atoms with E-state index < -0.39 is 11.6 Å². The average Bonchev–Trinajstić information content (AvgIpc) is 2.42. The van der Waals surface area contributed by atoms with Crippen molar-refractivity contribution in [3.8, 4) is 0 Å². The maximum Gasteiger partial charge on any atom is 0.251 e. The SMILES string of the molecule is Cc1ccc(N)cc1C(=O)NCc1ccc(F)c(F)c1. The van der Waals surface area contributed by atoms with E-state index >= 15 is 0 Å². The summed E-state index contributed by atoms with van der Waals surface area (Å²) in [6.07, 6.45) is 0. The number of aryl methyl sites for hydroxylation is 1. The molecule has 0 atom stereocenters. The first kappa shape index (κ1) is 14.0. The second-order valence-electron chi connectivity index (χ2n) is 4.51. The summed E-state index contributed by atoms with van der Waals surface area (Å²) in [5.41, 5.74) is 7.88. The van der Waals surface area contributed by atoms with Crippen molar-refractivity contribution in [2.24, 2.45) is 0 Å². The summed E-state index contributed by atoms with van der Waals surface area (Å²) in [6, 6.07) is 8.55. The molecule has 0 aliphatic carbocycles. The molecule has 5 heteroatoms. The monoisotopic (exact) mass is 276 g/mol. The Labute approximate surface area is 115 Å². The molecule has 0 unspecified atom stereocenters. The highest BCUT2D eigenvalue weighted by atomic mass is 19.2. The first-order chi connectivity index (χ1) is 9.47. The van der Waals surface area contributed by atoms with E-state index in [0.717, 1.165) is 17.7 Å². The lowest BCUT2D eigenvalue weighted by atomic mass is 10.1. The van der Waals surface area contributed by atoms with Crippen molar-refractivity contribution in [1.29, 1.82) is 0 Å². The van der Waals surface area contributed by atoms with E-state index in [4.69, 9.17) is 5.73 Å². The predicted octanol–water partition coefficient (Wildman–Crippen LogP) is 2.79. The van der Waals surface area contributed by atoms with Crippen LogP contribution in [-0.4, -0.2) is 5.91 Å². The molecule has 0 aromatic heterocycles. The zero-order valence-corrected chi connectivity index (χ0v) is 10.9. The van der Waals surface area contributed by atoms with Crippen LogP contribution in [0.4, 0.5) is 14.5 Å². The maximum atomic E-state index is 13.0. The van der Waals surface area contributed by atoms with Crippen LogP contribution < -0.4 is 11.1 Å². The molecule has 0 radical (unpaired) electrons. The van der Waals surface area contributed by atoms with Gasteiger partial charge in [-0.2, -0.15) is 0 Å². The van der Waals surface area contributed by atoms with Crippen molar-refractivity contribution in [3.05, 3.63) is 64.7 Å². The van der Waals surface area contributed by atoms with Crippen molar-refractivity contribution in [3.63, 3.8) is 0 Å². The third-order valence-electron chi connectivity index (χ3n) is 2.94. The van der Waals surface area contributed by atoms with E-state index in [9.17, 15) is 13.6 Å². The van der Waals surface area contributed by atoms with Gasteiger partial charge in [0.25, 0.3) is 5.91 Å². The van der Waals surface area contributed by atoms with Crippen LogP contribution in [0.2, 0.25) is 0 Å². The van der Waals surface area contributed by atoms with Gasteiger partial charge in [-0.15, -0.1) is 0 Å². The zero-order chi connectivity index (χ0) is 14.7. The highest BCUT2D eigenvalue weighted by Crippen LogP contribution is 2.13. The topological polar surface area (TPSA) is 55.1 Å². The molecule has 0 heterocycles. The lowest BCUT2D eigenvalue weighted by Gasteiger charge is -2.09. The maximum absolute atomic E-state index is 13.0. The van der Waals surface area contributed by atoms with Crippen LogP contribution in [0.15, 0.2) is 36.4 Å². The number of carbonyl (C=O) groups is 1. The van der Waals surface area contributed by atoms with E-state index in [1.54, 1.807) is 25.1 Å². The Hall–Kier alpha value is -2.43. The minimum absolute atomic E-state index is 0.115. The molecule has 2 aromatic rings. The lowest BCUT2D eigenvalue weighted by molar-refractivity contribution is 0.0950. The second-order valence-corrected chi connectivity index (χ2v) is 4.51. The fourth-order valence-corrected chi connectivity index (χ4v) is 1.81. The summed E-state index contributed by atoms with van der Waals surface area (Å²) in [7, 11) is 0. The average molecular weight is 276 g/mol. The quantitative estimate of drug-likeness (QED) is 0.847. The van der Waals surface area contributed by atoms with Gasteiger partial charge in [0.1, 0.15) is 0 Å². The third kappa shape index (κ3) is 3.12. The molecule has 2 rings (SSSR count). The Kier molecular flexibility index (Phi) is 3.98. The molecular formula is C15H14F2N2O. The molecule has 3 N–H and O–H groups in total. The highest BCUT2D eigenvalue weighted by molar-refractivity contribution is 5.96. The Morgan fingerprint density at radius 1 is 1.15 bits per heavy atom. The molecule has 3 nitrogen and oxygen atoms in total. The Balaban J connectivity index is 2.08. The van der Waals surface area contributed by atoms with Gasteiger partial charge in [-0.05, 0) is 42.3 Å². The number of amides is 1. The number of rotatable bonds is 3. The van der Waals surface area contributed by atoms with Gasteiger partial charge in [-0.3, -0.25) is 4.79 Å². The molecule has 0 bridgehead atoms. The van der Waals surface area contributed by atoms with Gasteiger partial charge in [0.2, 0.25) is 0 Å². The summed E-state index contributed by atoms with van der Waals surface area (Å²) < 4.78 is 25.8. The molecule has 0 spiro atoms. The van der Waals surface area contributed by atoms with Crippen LogP contribution in [-0.2, 0) is 6.54 Å². The predicted molar refractivity (Wildman–Crippen MR) is 73.1 cm³/mol. The zero-order valence-electron chi connectivity index (χ0n) is 10.9. The van der Waals surface area contributed by atoms with E-state index in [2.05, 4.69) is 5.32 Å². The molecule has 104 valence electrons. The summed E-state index contributed by atoms with van der Waals surface area (Å²) in [5.74, 6) is -2.15. The van der Waals surface area contributed by atoms with E-state index in [1.807, 2.05) is 0 Å². The number of nitrogen functional groups attached to an aromatic ring is 1. The van der Waals surface area contributed by atoms with Gasteiger partial charge >= 0.3 is 0 Å². The third-order valence-corrected chi connectivity index (χ3v) is 2.94. The molecule has 2 aromatic carbocycles. The Bertz CT molecular complexity index is 656. The molecule has 1 amide bonds. The van der Waals surface area contributed by atoms with Crippen LogP contribution in [0.1, 0.15) is 21.5 Å². The van der Waals surface area contributed by atoms with Gasteiger partial charge in [0.15, 0.2) is 11.6 Å². The van der Waals surface area contributed by atoms with Crippen LogP contribution in [0.5, 0.6) is 0 Å². The van der Waals surface area contributed by atoms with Crippen LogP contribution in [0, 0.1) is 18.6 Å². The smallest absolute Gasteiger partial charge is 0.251 e. The van der Waals surface area contributed by atoms with Crippen molar-refractivity contribution in [1.82, 2.24) is 5.32 Å². The number of nitrogens with one attached hydrogen (secondary N) is 1. The minimum atomic E-state index is -0.933. The summed E-state index contributed by atoms with van der Waals surface area (Å²) in [6.45, 7) is 1.91. The second kappa shape index (κ2) is 5.69. The first-order valence-electron chi connectivity index (χ1n) is 6.05. The van der Waals surface area contributed by atoms with Gasteiger partial charge in [-0.25, -0.2) is 8.78 Å². The molecule has 0 saturated carbocycles. The molecule has 0 fully saturated rings. The van der Waals surface area contributed by atoms with Gasteiger partial charge < -0.3 is 11.1 Å². The van der Waals surface area contributed by atoms with Gasteiger partial charge in [0.05, 0.1) is 0 Å². The summed E-state index contributed by atoms with van der Waals surface area (Å²) in [4.78, 5) is 12.0. The van der Waals surface area contributed by atoms with Crippen molar-refractivity contribution in [2.75, 3.05) is 5.73 Å². The fourth-order valence-electron chi connectivity index (χ4n) is 1.81. The van der Waals surface area contributed by atoms with Gasteiger partial charge in [0, 0.05) is 17.8 Å². The number of benzene rings is 2. The van der Waals surface area contributed by atoms with Crippen molar-refractivity contribution in [2.45, 2.75) is 13.5 Å². The molecule has 0 saturated heterocycles. The number of anilines is 1. The Morgan fingerprint density at radius 2 is 1.90 bits per heavy atom. The van der Waals surface area contributed by atoms with Crippen molar-refractivity contribution < 1.29 is 13.6 Å². The van der Waals surface area contributed by atoms with Crippen LogP contribution in [0.25, 0.3) is 0 Å². The highest BCUT2D eigenvalue weighted by Gasteiger charge is 2.10. The minimum Gasteiger partial charge on any atom is -0.399 e. The number of hydrogen-bond acceptors (Lipinski definition) is 2. The van der Waals surface area contributed by atoms with Crippen LogP contribution in [0.3, 0.4) is 0 Å². The fraction of sp³-hybridized carbons (Fsp3) is 0.133. The molecule has 0 aliphatic rings. The number of halogens is 2. The van der Waals surface area contributed by atoms with Crippen molar-refractivity contribution >= 4 is 11.6 Å². The molecule has 0 aliphatic heterocycles. The largest absolute Gasteiger partial charge is 0.399 e. The standard InChI is InChI=1S/C15H14F2N2O/c1-9-2-4-11(18)7-12(9)15(20)19-8-10-3-5-13(16)14(17)6-10/h2-7H,8,18H2,1H3,(H,19,20). The lowest BCUT2D eigenvalue weighted by Crippen LogP contribution is -2.23. The number of nitrogens with two attached hydrogens (primary N) is 1. The number of hydrogen-bond donors (Lipinski definition) is 2. The number of carbonyl (C=O) groups excluding carboxylic acids is 1. The van der Waals surface area contributed by atoms with E-state index in [0.29, 0.717) is 16.8 Å². The summed E-state index contributed by atoms with van der Waals surface area (Å²) in [5, 5.41) is 2.65. The molecule has 20 heavy (non-hydrogen) atoms. The normalized spacial score (nSPS) is 10.3. The first-order valence-corrected chi connectivity index (χ1v) is 6.05. The van der Waals surface area contributed by atoms with Gasteiger partial charge in [-0.1, -0.05) is 12.1 Å². The molecular weight excluding hydrogens is 262 g/mol.